The van der Waals surface area contributed by atoms with E-state index in [0.717, 1.165) is 11.1 Å². The fourth-order valence-electron chi connectivity index (χ4n) is 6.12. The molecular formula is C31H35NO4. The van der Waals surface area contributed by atoms with Crippen LogP contribution in [0.25, 0.3) is 0 Å². The Kier molecular flexibility index (Phi) is 7.30. The van der Waals surface area contributed by atoms with E-state index in [-0.39, 0.29) is 31.0 Å². The Morgan fingerprint density at radius 2 is 1.56 bits per heavy atom. The van der Waals surface area contributed by atoms with Gasteiger partial charge in [0.05, 0.1) is 12.2 Å². The van der Waals surface area contributed by atoms with Gasteiger partial charge in [-0.2, -0.15) is 0 Å². The first-order valence-corrected chi connectivity index (χ1v) is 12.7. The molecule has 1 saturated carbocycles. The second kappa shape index (κ2) is 10.3. The predicted molar refractivity (Wildman–Crippen MR) is 140 cm³/mol. The third-order valence-corrected chi connectivity index (χ3v) is 7.52. The molecule has 2 atom stereocenters. The van der Waals surface area contributed by atoms with Gasteiger partial charge in [0.2, 0.25) is 0 Å². The molecule has 2 aromatic rings. The van der Waals surface area contributed by atoms with Gasteiger partial charge in [0.1, 0.15) is 17.0 Å². The predicted octanol–water partition coefficient (Wildman–Crippen LogP) is 5.50. The molecule has 5 heteroatoms. The number of ketones is 2. The van der Waals surface area contributed by atoms with Crippen molar-refractivity contribution in [2.75, 3.05) is 13.2 Å². The fourth-order valence-corrected chi connectivity index (χ4v) is 6.12. The van der Waals surface area contributed by atoms with Crippen molar-refractivity contribution in [3.8, 4) is 0 Å². The van der Waals surface area contributed by atoms with Crippen molar-refractivity contribution in [1.29, 1.82) is 0 Å². The first kappa shape index (κ1) is 25.6. The summed E-state index contributed by atoms with van der Waals surface area (Å²) in [4.78, 5) is 42.4. The summed E-state index contributed by atoms with van der Waals surface area (Å²) in [6.45, 7) is 10.2. The number of hydrogen-bond acceptors (Lipinski definition) is 5. The van der Waals surface area contributed by atoms with Crippen LogP contribution in [-0.2, 0) is 19.1 Å². The molecule has 36 heavy (non-hydrogen) atoms. The van der Waals surface area contributed by atoms with Gasteiger partial charge < -0.3 is 10.1 Å². The number of carbonyl (C=O) groups excluding carboxylic acids is 3. The monoisotopic (exact) mass is 485 g/mol. The highest BCUT2D eigenvalue weighted by Gasteiger charge is 2.64. The summed E-state index contributed by atoms with van der Waals surface area (Å²) in [7, 11) is 0. The number of ether oxygens (including phenoxy) is 1. The lowest BCUT2D eigenvalue weighted by Gasteiger charge is -2.52. The number of Topliss-reactive ketones (excluding diaryl/α,β-unsaturated/α-hetero) is 2. The smallest absolute Gasteiger partial charge is 0.336 e. The van der Waals surface area contributed by atoms with Gasteiger partial charge in [0.25, 0.3) is 0 Å². The van der Waals surface area contributed by atoms with Crippen LogP contribution in [-0.4, -0.2) is 30.7 Å². The van der Waals surface area contributed by atoms with Crippen molar-refractivity contribution in [2.24, 2.45) is 10.8 Å². The van der Waals surface area contributed by atoms with Crippen LogP contribution in [0.1, 0.15) is 63.0 Å². The Morgan fingerprint density at radius 1 is 1.00 bits per heavy atom. The first-order valence-electron chi connectivity index (χ1n) is 12.7. The van der Waals surface area contributed by atoms with Crippen molar-refractivity contribution in [1.82, 2.24) is 5.32 Å². The highest BCUT2D eigenvalue weighted by Crippen LogP contribution is 2.61. The Labute approximate surface area is 213 Å². The van der Waals surface area contributed by atoms with Crippen LogP contribution < -0.4 is 5.32 Å². The second-order valence-corrected chi connectivity index (χ2v) is 10.5. The molecule has 5 nitrogen and oxygen atoms in total. The number of carbonyl (C=O) groups is 3. The topological polar surface area (TPSA) is 72.5 Å². The van der Waals surface area contributed by atoms with Crippen molar-refractivity contribution in [2.45, 2.75) is 51.9 Å². The molecule has 0 aliphatic heterocycles. The Hall–Kier alpha value is -3.47. The van der Waals surface area contributed by atoms with E-state index in [9.17, 15) is 14.4 Å². The SMILES string of the molecule is C=CCNC1=C(C(=O)OCC)C(c2ccccc2)C2(C(=O)CC(C)(C)CC2=O)C(c2ccccc2)C1. The third kappa shape index (κ3) is 4.43. The zero-order valence-corrected chi connectivity index (χ0v) is 21.4. The van der Waals surface area contributed by atoms with E-state index in [1.54, 1.807) is 13.0 Å². The Balaban J connectivity index is 2.08. The summed E-state index contributed by atoms with van der Waals surface area (Å²) in [5.74, 6) is -1.88. The van der Waals surface area contributed by atoms with E-state index in [1.165, 1.54) is 0 Å². The van der Waals surface area contributed by atoms with Gasteiger partial charge in [-0.1, -0.05) is 80.6 Å². The summed E-state index contributed by atoms with van der Waals surface area (Å²) in [5.41, 5.74) is 0.920. The van der Waals surface area contributed by atoms with Crippen molar-refractivity contribution in [3.63, 3.8) is 0 Å². The summed E-state index contributed by atoms with van der Waals surface area (Å²) < 4.78 is 5.54. The maximum absolute atomic E-state index is 14.4. The number of allylic oxidation sites excluding steroid dienone is 1. The number of rotatable bonds is 7. The minimum absolute atomic E-state index is 0.101. The molecule has 4 rings (SSSR count). The van der Waals surface area contributed by atoms with E-state index < -0.39 is 28.6 Å². The minimum Gasteiger partial charge on any atom is -0.463 e. The lowest BCUT2D eigenvalue weighted by atomic mass is 9.47. The van der Waals surface area contributed by atoms with Crippen LogP contribution in [0, 0.1) is 10.8 Å². The van der Waals surface area contributed by atoms with E-state index in [2.05, 4.69) is 11.9 Å². The first-order chi connectivity index (χ1) is 17.3. The highest BCUT2D eigenvalue weighted by atomic mass is 16.5. The largest absolute Gasteiger partial charge is 0.463 e. The van der Waals surface area contributed by atoms with Crippen LogP contribution in [0.3, 0.4) is 0 Å². The molecule has 2 aromatic carbocycles. The van der Waals surface area contributed by atoms with Crippen molar-refractivity contribution >= 4 is 17.5 Å². The average Bonchev–Trinajstić information content (AvgIpc) is 2.86. The molecule has 0 radical (unpaired) electrons. The molecule has 2 unspecified atom stereocenters. The molecule has 0 amide bonds. The zero-order valence-electron chi connectivity index (χ0n) is 21.4. The van der Waals surface area contributed by atoms with Gasteiger partial charge in [0, 0.05) is 36.9 Å². The van der Waals surface area contributed by atoms with Gasteiger partial charge in [-0.3, -0.25) is 9.59 Å². The lowest BCUT2D eigenvalue weighted by molar-refractivity contribution is -0.153. The molecule has 0 aromatic heterocycles. The van der Waals surface area contributed by atoms with Gasteiger partial charge in [-0.05, 0) is 29.9 Å². The summed E-state index contributed by atoms with van der Waals surface area (Å²) in [6.07, 6.45) is 2.63. The van der Waals surface area contributed by atoms with E-state index in [0.29, 0.717) is 24.2 Å². The Morgan fingerprint density at radius 3 is 2.08 bits per heavy atom. The van der Waals surface area contributed by atoms with Crippen LogP contribution in [0.15, 0.2) is 84.6 Å². The van der Waals surface area contributed by atoms with E-state index >= 15 is 0 Å². The van der Waals surface area contributed by atoms with Gasteiger partial charge in [-0.15, -0.1) is 6.58 Å². The number of nitrogens with one attached hydrogen (secondary N) is 1. The van der Waals surface area contributed by atoms with E-state index in [1.807, 2.05) is 74.5 Å². The van der Waals surface area contributed by atoms with Crippen LogP contribution in [0.5, 0.6) is 0 Å². The lowest BCUT2D eigenvalue weighted by Crippen LogP contribution is -2.57. The Bertz CT molecular complexity index is 1160. The number of benzene rings is 2. The minimum atomic E-state index is -1.40. The molecule has 0 saturated heterocycles. The quantitative estimate of drug-likeness (QED) is 0.319. The third-order valence-electron chi connectivity index (χ3n) is 7.52. The highest BCUT2D eigenvalue weighted by molar-refractivity contribution is 6.14. The van der Waals surface area contributed by atoms with E-state index in [4.69, 9.17) is 4.74 Å². The average molecular weight is 486 g/mol. The zero-order chi connectivity index (χ0) is 25.9. The molecule has 0 heterocycles. The van der Waals surface area contributed by atoms with Crippen LogP contribution in [0.2, 0.25) is 0 Å². The molecule has 1 fully saturated rings. The molecule has 2 aliphatic carbocycles. The van der Waals surface area contributed by atoms with Gasteiger partial charge in [-0.25, -0.2) is 4.79 Å². The number of hydrogen-bond donors (Lipinski definition) is 1. The maximum atomic E-state index is 14.4. The number of esters is 1. The molecule has 1 spiro atoms. The second-order valence-electron chi connectivity index (χ2n) is 10.5. The molecular weight excluding hydrogens is 450 g/mol. The standard InChI is InChI=1S/C31H35NO4/c1-5-17-32-24-18-23(21-13-9-7-10-14-21)31(25(33)19-30(3,4)20-26(31)34)28(22-15-11-8-12-16-22)27(24)29(35)36-6-2/h5,7-16,23,28,32H,1,6,17-20H2,2-4H3. The van der Waals surface area contributed by atoms with Crippen molar-refractivity contribution in [3.05, 3.63) is 95.7 Å². The fraction of sp³-hybridized carbons (Fsp3) is 0.387. The summed E-state index contributed by atoms with van der Waals surface area (Å²) in [5, 5.41) is 3.37. The molecule has 188 valence electrons. The molecule has 1 N–H and O–H groups in total. The van der Waals surface area contributed by atoms with Crippen molar-refractivity contribution < 1.29 is 19.1 Å². The maximum Gasteiger partial charge on any atom is 0.336 e. The summed E-state index contributed by atoms with van der Waals surface area (Å²) >= 11 is 0. The molecule has 2 aliphatic rings. The van der Waals surface area contributed by atoms with Gasteiger partial charge in [0.15, 0.2) is 0 Å². The molecule has 0 bridgehead atoms. The normalized spacial score (nSPS) is 22.9. The van der Waals surface area contributed by atoms with Crippen LogP contribution >= 0.6 is 0 Å². The van der Waals surface area contributed by atoms with Crippen LogP contribution in [0.4, 0.5) is 0 Å². The van der Waals surface area contributed by atoms with Gasteiger partial charge >= 0.3 is 5.97 Å². The summed E-state index contributed by atoms with van der Waals surface area (Å²) in [6, 6.07) is 19.2.